The van der Waals surface area contributed by atoms with E-state index in [-0.39, 0.29) is 11.3 Å². The molecule has 4 nitrogen and oxygen atoms in total. The lowest BCUT2D eigenvalue weighted by molar-refractivity contribution is -0.142. The fourth-order valence-electron chi connectivity index (χ4n) is 4.18. The number of rotatable bonds is 3. The molecule has 0 aromatic heterocycles. The number of piperazine rings is 1. The van der Waals surface area contributed by atoms with Crippen molar-refractivity contribution in [2.75, 3.05) is 26.2 Å². The van der Waals surface area contributed by atoms with Crippen molar-refractivity contribution < 1.29 is 18.4 Å². The van der Waals surface area contributed by atoms with Gasteiger partial charge in [-0.05, 0) is 43.7 Å². The van der Waals surface area contributed by atoms with Crippen molar-refractivity contribution in [3.63, 3.8) is 0 Å². The van der Waals surface area contributed by atoms with E-state index in [9.17, 15) is 18.4 Å². The predicted molar refractivity (Wildman–Crippen MR) is 87.8 cm³/mol. The number of carbonyl (C=O) groups excluding carboxylic acids is 2. The van der Waals surface area contributed by atoms with Crippen LogP contribution in [-0.2, 0) is 4.79 Å². The summed E-state index contributed by atoms with van der Waals surface area (Å²) in [4.78, 5) is 28.6. The zero-order valence-corrected chi connectivity index (χ0v) is 14.1. The second-order valence-corrected chi connectivity index (χ2v) is 7.47. The first-order chi connectivity index (χ1) is 12.0. The third-order valence-electron chi connectivity index (χ3n) is 6.13. The van der Waals surface area contributed by atoms with Gasteiger partial charge in [0.05, 0.1) is 5.41 Å². The Bertz CT molecular complexity index is 685. The van der Waals surface area contributed by atoms with Gasteiger partial charge in [0.25, 0.3) is 5.91 Å². The van der Waals surface area contributed by atoms with Crippen molar-refractivity contribution in [1.29, 1.82) is 0 Å². The Morgan fingerprint density at radius 1 is 0.960 bits per heavy atom. The molecule has 1 aromatic carbocycles. The molecule has 4 rings (SSSR count). The second-order valence-electron chi connectivity index (χ2n) is 7.47. The van der Waals surface area contributed by atoms with Crippen molar-refractivity contribution in [1.82, 2.24) is 9.80 Å². The summed E-state index contributed by atoms with van der Waals surface area (Å²) >= 11 is 0. The number of benzene rings is 1. The second kappa shape index (κ2) is 6.07. The minimum Gasteiger partial charge on any atom is -0.339 e. The van der Waals surface area contributed by atoms with Gasteiger partial charge in [-0.15, -0.1) is 0 Å². The molecule has 2 saturated carbocycles. The lowest BCUT2D eigenvalue weighted by atomic mass is 9.73. The number of nitrogens with zero attached hydrogens (tertiary/aromatic N) is 2. The fourth-order valence-corrected chi connectivity index (χ4v) is 4.18. The maximum atomic E-state index is 13.8. The summed E-state index contributed by atoms with van der Waals surface area (Å²) in [6, 6.07) is 3.42. The maximum absolute atomic E-state index is 13.8. The van der Waals surface area contributed by atoms with E-state index >= 15 is 0 Å². The number of carbonyl (C=O) groups is 2. The van der Waals surface area contributed by atoms with E-state index in [2.05, 4.69) is 0 Å². The van der Waals surface area contributed by atoms with E-state index in [4.69, 9.17) is 0 Å². The smallest absolute Gasteiger partial charge is 0.259 e. The van der Waals surface area contributed by atoms with Crippen molar-refractivity contribution in [3.05, 3.63) is 35.4 Å². The zero-order chi connectivity index (χ0) is 17.6. The van der Waals surface area contributed by atoms with Gasteiger partial charge in [0.2, 0.25) is 5.91 Å². The Labute approximate surface area is 145 Å². The molecule has 1 aromatic rings. The van der Waals surface area contributed by atoms with Crippen molar-refractivity contribution in [2.45, 2.75) is 32.1 Å². The first kappa shape index (κ1) is 16.5. The van der Waals surface area contributed by atoms with Crippen LogP contribution < -0.4 is 0 Å². The van der Waals surface area contributed by atoms with Crippen LogP contribution in [0.15, 0.2) is 18.2 Å². The van der Waals surface area contributed by atoms with Gasteiger partial charge in [-0.25, -0.2) is 8.78 Å². The molecule has 0 spiro atoms. The van der Waals surface area contributed by atoms with Gasteiger partial charge in [0.1, 0.15) is 17.2 Å². The summed E-state index contributed by atoms with van der Waals surface area (Å²) in [5.74, 6) is -1.56. The highest BCUT2D eigenvalue weighted by atomic mass is 19.1. The summed E-state index contributed by atoms with van der Waals surface area (Å²) < 4.78 is 27.6. The van der Waals surface area contributed by atoms with Crippen LogP contribution >= 0.6 is 0 Å². The SMILES string of the molecule is O=C(c1c(F)cccc1F)N1CCN(C(=O)C2(C3CCC3)CC2)CC1. The molecule has 1 heterocycles. The Morgan fingerprint density at radius 2 is 1.52 bits per heavy atom. The Hall–Kier alpha value is -1.98. The highest BCUT2D eigenvalue weighted by Gasteiger charge is 2.58. The highest BCUT2D eigenvalue weighted by Crippen LogP contribution is 2.59. The molecule has 0 radical (unpaired) electrons. The van der Waals surface area contributed by atoms with Gasteiger partial charge in [-0.3, -0.25) is 9.59 Å². The maximum Gasteiger partial charge on any atom is 0.259 e. The van der Waals surface area contributed by atoms with Crippen LogP contribution in [0.4, 0.5) is 8.78 Å². The topological polar surface area (TPSA) is 40.6 Å². The molecule has 1 saturated heterocycles. The van der Waals surface area contributed by atoms with E-state index in [0.717, 1.165) is 37.8 Å². The first-order valence-electron chi connectivity index (χ1n) is 9.05. The van der Waals surface area contributed by atoms with Crippen molar-refractivity contribution >= 4 is 11.8 Å². The molecule has 0 bridgehead atoms. The molecule has 6 heteroatoms. The van der Waals surface area contributed by atoms with Gasteiger partial charge in [-0.2, -0.15) is 0 Å². The van der Waals surface area contributed by atoms with Crippen LogP contribution in [-0.4, -0.2) is 47.8 Å². The molecular weight excluding hydrogens is 326 g/mol. The zero-order valence-electron chi connectivity index (χ0n) is 14.1. The average molecular weight is 348 g/mol. The monoisotopic (exact) mass is 348 g/mol. The number of hydrogen-bond acceptors (Lipinski definition) is 2. The minimum atomic E-state index is -0.842. The summed E-state index contributed by atoms with van der Waals surface area (Å²) in [5, 5.41) is 0. The van der Waals surface area contributed by atoms with E-state index in [0.29, 0.717) is 32.1 Å². The summed E-state index contributed by atoms with van der Waals surface area (Å²) in [6.45, 7) is 1.52. The lowest BCUT2D eigenvalue weighted by Gasteiger charge is -2.40. The van der Waals surface area contributed by atoms with Crippen molar-refractivity contribution in [2.24, 2.45) is 11.3 Å². The van der Waals surface area contributed by atoms with Crippen LogP contribution in [0.3, 0.4) is 0 Å². The number of hydrogen-bond donors (Lipinski definition) is 0. The first-order valence-corrected chi connectivity index (χ1v) is 9.05. The molecule has 134 valence electrons. The molecule has 3 fully saturated rings. The van der Waals surface area contributed by atoms with Crippen LogP contribution in [0.2, 0.25) is 0 Å². The van der Waals surface area contributed by atoms with Crippen LogP contribution in [0, 0.1) is 23.0 Å². The lowest BCUT2D eigenvalue weighted by Crippen LogP contribution is -2.53. The van der Waals surface area contributed by atoms with Gasteiger partial charge < -0.3 is 9.80 Å². The van der Waals surface area contributed by atoms with Gasteiger partial charge >= 0.3 is 0 Å². The molecule has 3 aliphatic rings. The summed E-state index contributed by atoms with van der Waals surface area (Å²) in [6.07, 6.45) is 5.48. The van der Waals surface area contributed by atoms with Gasteiger partial charge in [0, 0.05) is 26.2 Å². The van der Waals surface area contributed by atoms with Crippen LogP contribution in [0.1, 0.15) is 42.5 Å². The van der Waals surface area contributed by atoms with Crippen molar-refractivity contribution in [3.8, 4) is 0 Å². The predicted octanol–water partition coefficient (Wildman–Crippen LogP) is 2.83. The molecule has 25 heavy (non-hydrogen) atoms. The largest absolute Gasteiger partial charge is 0.339 e. The number of amides is 2. The molecule has 2 amide bonds. The average Bonchev–Trinajstić information content (AvgIpc) is 3.34. The quantitative estimate of drug-likeness (QED) is 0.843. The van der Waals surface area contributed by atoms with E-state index in [1.165, 1.54) is 17.4 Å². The standard InChI is InChI=1S/C19H22F2N2O2/c20-14-5-2-6-15(21)16(14)17(24)22-9-11-23(12-10-22)18(25)19(7-8-19)13-3-1-4-13/h2,5-6,13H,1,3-4,7-12H2. The van der Waals surface area contributed by atoms with Crippen LogP contribution in [0.5, 0.6) is 0 Å². The summed E-state index contributed by atoms with van der Waals surface area (Å²) in [7, 11) is 0. The molecule has 0 atom stereocenters. The molecule has 1 aliphatic heterocycles. The van der Waals surface area contributed by atoms with Crippen LogP contribution in [0.25, 0.3) is 0 Å². The van der Waals surface area contributed by atoms with E-state index in [1.54, 1.807) is 0 Å². The molecule has 0 N–H and O–H groups in total. The Morgan fingerprint density at radius 3 is 2.00 bits per heavy atom. The molecule has 0 unspecified atom stereocenters. The molecular formula is C19H22F2N2O2. The normalized spacial score (nSPS) is 22.5. The van der Waals surface area contributed by atoms with Gasteiger partial charge in [0.15, 0.2) is 0 Å². The van der Waals surface area contributed by atoms with E-state index in [1.807, 2.05) is 4.90 Å². The summed E-state index contributed by atoms with van der Waals surface area (Å²) in [5.41, 5.74) is -0.641. The third-order valence-corrected chi connectivity index (χ3v) is 6.13. The Kier molecular flexibility index (Phi) is 4.01. The third kappa shape index (κ3) is 2.71. The van der Waals surface area contributed by atoms with E-state index < -0.39 is 23.1 Å². The number of halogens is 2. The molecule has 2 aliphatic carbocycles. The minimum absolute atomic E-state index is 0.137. The van der Waals surface area contributed by atoms with Gasteiger partial charge in [-0.1, -0.05) is 12.5 Å². The fraction of sp³-hybridized carbons (Fsp3) is 0.579. The Balaban J connectivity index is 1.40. The highest BCUT2D eigenvalue weighted by molar-refractivity contribution is 5.95.